The lowest BCUT2D eigenvalue weighted by molar-refractivity contribution is -0.155. The first-order valence-corrected chi connectivity index (χ1v) is 8.38. The molecule has 8 nitrogen and oxygen atoms in total. The van der Waals surface area contributed by atoms with Crippen LogP contribution in [0, 0.1) is 0 Å². The molecule has 2 heterocycles. The first-order chi connectivity index (χ1) is 12.6. The van der Waals surface area contributed by atoms with Gasteiger partial charge in [0.2, 0.25) is 0 Å². The number of fused-ring (bicyclic) bond motifs is 1. The number of nitrogens with zero attached hydrogens (tertiary/aromatic N) is 3. The number of benzene rings is 1. The van der Waals surface area contributed by atoms with Crippen molar-refractivity contribution in [2.24, 2.45) is 5.73 Å². The van der Waals surface area contributed by atoms with E-state index in [1.165, 1.54) is 4.68 Å². The van der Waals surface area contributed by atoms with Crippen molar-refractivity contribution in [2.75, 3.05) is 5.73 Å². The summed E-state index contributed by atoms with van der Waals surface area (Å²) in [5.41, 5.74) is 12.9. The molecule has 0 unspecified atom stereocenters. The number of hydrogen-bond acceptors (Lipinski definition) is 6. The molecule has 0 saturated carbocycles. The van der Waals surface area contributed by atoms with Crippen molar-refractivity contribution in [3.63, 3.8) is 0 Å². The van der Waals surface area contributed by atoms with Crippen molar-refractivity contribution in [1.29, 1.82) is 0 Å². The number of aromatic nitrogens is 3. The molecule has 8 heteroatoms. The number of primary amides is 1. The Morgan fingerprint density at radius 3 is 2.44 bits per heavy atom. The molecule has 0 saturated heterocycles. The average molecular weight is 367 g/mol. The third-order valence-electron chi connectivity index (χ3n) is 3.80. The second-order valence-corrected chi connectivity index (χ2v) is 7.16. The van der Waals surface area contributed by atoms with Gasteiger partial charge in [-0.2, -0.15) is 5.10 Å². The smallest absolute Gasteiger partial charge is 0.328 e. The van der Waals surface area contributed by atoms with Crippen LogP contribution in [0.5, 0.6) is 0 Å². The van der Waals surface area contributed by atoms with Gasteiger partial charge in [0.15, 0.2) is 5.69 Å². The van der Waals surface area contributed by atoms with Crippen LogP contribution in [0.1, 0.15) is 31.3 Å². The summed E-state index contributed by atoms with van der Waals surface area (Å²) in [6.07, 6.45) is 1.64. The standard InChI is InChI=1S/C19H21N5O3/c1-19(2,3)27-16(25)10-24-14-6-4-11(12-5-7-15(20)22-9-12)8-13(14)17(23-24)18(21)26/h4-9H,10H2,1-3H3,(H2,20,22)(H2,21,26). The normalized spacial score (nSPS) is 11.5. The number of rotatable bonds is 4. The van der Waals surface area contributed by atoms with Gasteiger partial charge >= 0.3 is 5.97 Å². The molecule has 0 aliphatic carbocycles. The van der Waals surface area contributed by atoms with E-state index >= 15 is 0 Å². The highest BCUT2D eigenvalue weighted by Gasteiger charge is 2.21. The molecule has 4 N–H and O–H groups in total. The number of nitrogen functional groups attached to an aromatic ring is 1. The second kappa shape index (κ2) is 6.71. The minimum absolute atomic E-state index is 0.0961. The number of carbonyl (C=O) groups excluding carboxylic acids is 2. The number of amides is 1. The average Bonchev–Trinajstić information content (AvgIpc) is 2.92. The number of esters is 1. The van der Waals surface area contributed by atoms with Crippen molar-refractivity contribution in [1.82, 2.24) is 14.8 Å². The maximum Gasteiger partial charge on any atom is 0.328 e. The molecule has 0 radical (unpaired) electrons. The van der Waals surface area contributed by atoms with E-state index in [2.05, 4.69) is 10.1 Å². The van der Waals surface area contributed by atoms with Crippen molar-refractivity contribution in [3.8, 4) is 11.1 Å². The molecule has 0 fully saturated rings. The summed E-state index contributed by atoms with van der Waals surface area (Å²) in [7, 11) is 0. The molecule has 0 atom stereocenters. The number of pyridine rings is 1. The molecule has 140 valence electrons. The zero-order valence-electron chi connectivity index (χ0n) is 15.4. The molecule has 2 aromatic heterocycles. The fraction of sp³-hybridized carbons (Fsp3) is 0.263. The quantitative estimate of drug-likeness (QED) is 0.680. The molecule has 0 aliphatic rings. The van der Waals surface area contributed by atoms with Gasteiger partial charge in [-0.3, -0.25) is 14.3 Å². The lowest BCUT2D eigenvalue weighted by atomic mass is 10.0. The minimum atomic E-state index is -0.671. The Hall–Kier alpha value is -3.42. The van der Waals surface area contributed by atoms with Gasteiger partial charge in [-0.15, -0.1) is 0 Å². The molecular formula is C19H21N5O3. The third-order valence-corrected chi connectivity index (χ3v) is 3.80. The van der Waals surface area contributed by atoms with Crippen LogP contribution in [-0.4, -0.2) is 32.2 Å². The van der Waals surface area contributed by atoms with Crippen LogP contribution in [0.4, 0.5) is 5.82 Å². The fourth-order valence-corrected chi connectivity index (χ4v) is 2.73. The summed E-state index contributed by atoms with van der Waals surface area (Å²) in [6, 6.07) is 8.96. The van der Waals surface area contributed by atoms with E-state index in [1.807, 2.05) is 12.1 Å². The Kier molecular flexibility index (Phi) is 4.57. The molecule has 0 aliphatic heterocycles. The van der Waals surface area contributed by atoms with Crippen LogP contribution in [-0.2, 0) is 16.1 Å². The summed E-state index contributed by atoms with van der Waals surface area (Å²) in [5, 5.41) is 4.77. The summed E-state index contributed by atoms with van der Waals surface area (Å²) in [5.74, 6) is -0.701. The predicted octanol–water partition coefficient (Wildman–Crippen LogP) is 2.12. The topological polar surface area (TPSA) is 126 Å². The van der Waals surface area contributed by atoms with Crippen LogP contribution in [0.3, 0.4) is 0 Å². The van der Waals surface area contributed by atoms with Crippen molar-refractivity contribution < 1.29 is 14.3 Å². The second-order valence-electron chi connectivity index (χ2n) is 7.16. The molecule has 1 aromatic carbocycles. The van der Waals surface area contributed by atoms with Crippen molar-refractivity contribution in [3.05, 3.63) is 42.2 Å². The third kappa shape index (κ3) is 4.05. The van der Waals surface area contributed by atoms with E-state index in [1.54, 1.807) is 45.2 Å². The monoisotopic (exact) mass is 367 g/mol. The first kappa shape index (κ1) is 18.4. The van der Waals surface area contributed by atoms with Crippen LogP contribution < -0.4 is 11.5 Å². The van der Waals surface area contributed by atoms with E-state index in [4.69, 9.17) is 16.2 Å². The van der Waals surface area contributed by atoms with E-state index in [9.17, 15) is 9.59 Å². The molecular weight excluding hydrogens is 346 g/mol. The minimum Gasteiger partial charge on any atom is -0.459 e. The lowest BCUT2D eigenvalue weighted by Crippen LogP contribution is -2.27. The number of ether oxygens (including phenoxy) is 1. The van der Waals surface area contributed by atoms with Crippen LogP contribution >= 0.6 is 0 Å². The zero-order chi connectivity index (χ0) is 19.8. The highest BCUT2D eigenvalue weighted by atomic mass is 16.6. The molecule has 3 rings (SSSR count). The van der Waals surface area contributed by atoms with Gasteiger partial charge in [0.25, 0.3) is 5.91 Å². The number of anilines is 1. The van der Waals surface area contributed by atoms with Crippen LogP contribution in [0.25, 0.3) is 22.0 Å². The molecule has 3 aromatic rings. The summed E-state index contributed by atoms with van der Waals surface area (Å²) in [4.78, 5) is 28.1. The largest absolute Gasteiger partial charge is 0.459 e. The predicted molar refractivity (Wildman–Crippen MR) is 102 cm³/mol. The van der Waals surface area contributed by atoms with Crippen LogP contribution in [0.2, 0.25) is 0 Å². The van der Waals surface area contributed by atoms with E-state index in [-0.39, 0.29) is 12.2 Å². The van der Waals surface area contributed by atoms with Gasteiger partial charge in [-0.1, -0.05) is 6.07 Å². The van der Waals surface area contributed by atoms with E-state index < -0.39 is 17.5 Å². The lowest BCUT2D eigenvalue weighted by Gasteiger charge is -2.19. The Morgan fingerprint density at radius 1 is 1.15 bits per heavy atom. The fourth-order valence-electron chi connectivity index (χ4n) is 2.73. The van der Waals surface area contributed by atoms with Crippen molar-refractivity contribution >= 4 is 28.6 Å². The first-order valence-electron chi connectivity index (χ1n) is 8.38. The zero-order valence-corrected chi connectivity index (χ0v) is 15.4. The maximum absolute atomic E-state index is 12.2. The molecule has 0 spiro atoms. The van der Waals surface area contributed by atoms with Gasteiger partial charge in [-0.05, 0) is 50.6 Å². The highest BCUT2D eigenvalue weighted by Crippen LogP contribution is 2.27. The van der Waals surface area contributed by atoms with Gasteiger partial charge in [0, 0.05) is 17.1 Å². The number of nitrogens with two attached hydrogens (primary N) is 2. The maximum atomic E-state index is 12.2. The van der Waals surface area contributed by atoms with E-state index in [0.29, 0.717) is 16.7 Å². The number of hydrogen-bond donors (Lipinski definition) is 2. The van der Waals surface area contributed by atoms with Gasteiger partial charge in [-0.25, -0.2) is 4.98 Å². The Labute approximate surface area is 156 Å². The SMILES string of the molecule is CC(C)(C)OC(=O)Cn1nc(C(N)=O)c2cc(-c3ccc(N)nc3)ccc21. The molecule has 0 bridgehead atoms. The molecule has 1 amide bonds. The van der Waals surface area contributed by atoms with Gasteiger partial charge < -0.3 is 16.2 Å². The summed E-state index contributed by atoms with van der Waals surface area (Å²) >= 11 is 0. The summed E-state index contributed by atoms with van der Waals surface area (Å²) < 4.78 is 6.75. The van der Waals surface area contributed by atoms with Gasteiger partial charge in [0.1, 0.15) is 18.0 Å². The van der Waals surface area contributed by atoms with Gasteiger partial charge in [0.05, 0.1) is 5.52 Å². The van der Waals surface area contributed by atoms with Crippen LogP contribution in [0.15, 0.2) is 36.5 Å². The summed E-state index contributed by atoms with van der Waals surface area (Å²) in [6.45, 7) is 5.24. The highest BCUT2D eigenvalue weighted by molar-refractivity contribution is 6.05. The Balaban J connectivity index is 2.03. The number of carbonyl (C=O) groups is 2. The Morgan fingerprint density at radius 2 is 1.85 bits per heavy atom. The van der Waals surface area contributed by atoms with E-state index in [0.717, 1.165) is 11.1 Å². The Bertz CT molecular complexity index is 1020. The van der Waals surface area contributed by atoms with Crippen molar-refractivity contribution in [2.45, 2.75) is 32.9 Å². The molecule has 27 heavy (non-hydrogen) atoms.